The molecule has 0 aliphatic carbocycles. The van der Waals surface area contributed by atoms with E-state index in [1.54, 1.807) is 0 Å². The summed E-state index contributed by atoms with van der Waals surface area (Å²) in [5.74, 6) is 0. The van der Waals surface area contributed by atoms with Crippen LogP contribution < -0.4 is 31.0 Å². The fourth-order valence-corrected chi connectivity index (χ4v) is 0. The van der Waals surface area contributed by atoms with E-state index < -0.39 is 0 Å². The molecular weight excluding hydrogens is 145 g/mol. The third kappa shape index (κ3) is 28.4. The SMILES string of the molecule is Cl.[Cl-].[Cl-].[Mg+2].[N]. The number of hydrogen-bond acceptors (Lipinski definition) is 0. The minimum atomic E-state index is 0. The van der Waals surface area contributed by atoms with Crippen molar-refractivity contribution in [2.75, 3.05) is 0 Å². The summed E-state index contributed by atoms with van der Waals surface area (Å²) in [6.45, 7) is 0. The molecule has 0 aliphatic heterocycles. The Morgan fingerprint density at radius 2 is 0.800 bits per heavy atom. The normalized spacial score (nSPS) is 0. The number of halogens is 3. The second-order valence-electron chi connectivity index (χ2n) is 0. The Bertz CT molecular complexity index is 6.85. The van der Waals surface area contributed by atoms with Crippen LogP contribution in [0.15, 0.2) is 0 Å². The summed E-state index contributed by atoms with van der Waals surface area (Å²) in [6, 6.07) is 0. The average Bonchev–Trinajstić information content (AvgIpc) is 0. The minimum absolute atomic E-state index is 0. The van der Waals surface area contributed by atoms with Gasteiger partial charge in [0.15, 0.2) is 0 Å². The third-order valence-electron chi connectivity index (χ3n) is 0. The van der Waals surface area contributed by atoms with Gasteiger partial charge in [0, 0.05) is 6.15 Å². The fraction of sp³-hybridized carbons (Fsp3) is 0. The molecule has 5 heteroatoms. The van der Waals surface area contributed by atoms with Crippen LogP contribution in [0.3, 0.4) is 0 Å². The molecule has 0 N–H and O–H groups in total. The first-order chi connectivity index (χ1) is 0. The summed E-state index contributed by atoms with van der Waals surface area (Å²) in [5.41, 5.74) is 0. The first kappa shape index (κ1) is 81.1. The zero-order chi connectivity index (χ0) is 0. The van der Waals surface area contributed by atoms with Crippen molar-refractivity contribution in [3.05, 3.63) is 0 Å². The quantitative estimate of drug-likeness (QED) is 0.304. The monoisotopic (exact) mass is 144 g/mol. The van der Waals surface area contributed by atoms with Gasteiger partial charge in [0.1, 0.15) is 0 Å². The summed E-state index contributed by atoms with van der Waals surface area (Å²) < 4.78 is 0. The molecule has 0 saturated carbocycles. The molecule has 0 rings (SSSR count). The molecule has 0 fully saturated rings. The fourth-order valence-electron chi connectivity index (χ4n) is 0. The summed E-state index contributed by atoms with van der Waals surface area (Å²) in [4.78, 5) is 0. The predicted molar refractivity (Wildman–Crippen MR) is 15.1 cm³/mol. The van der Waals surface area contributed by atoms with E-state index >= 15 is 0 Å². The Labute approximate surface area is 66.2 Å². The third-order valence-corrected chi connectivity index (χ3v) is 0. The molecule has 0 aromatic rings. The van der Waals surface area contributed by atoms with Crippen molar-refractivity contribution >= 4 is 35.5 Å². The van der Waals surface area contributed by atoms with Gasteiger partial charge in [0.25, 0.3) is 0 Å². The number of nitrogens with zero attached hydrogens (tertiary/aromatic N) is 1. The van der Waals surface area contributed by atoms with Gasteiger partial charge >= 0.3 is 23.1 Å². The van der Waals surface area contributed by atoms with Crippen molar-refractivity contribution in [3.8, 4) is 0 Å². The van der Waals surface area contributed by atoms with E-state index in [1.807, 2.05) is 0 Å². The molecule has 5 heavy (non-hydrogen) atoms. The second-order valence-corrected chi connectivity index (χ2v) is 0. The molecule has 0 saturated heterocycles. The van der Waals surface area contributed by atoms with Crippen LogP contribution in [-0.2, 0) is 0 Å². The maximum absolute atomic E-state index is 0. The molecule has 0 atom stereocenters. The van der Waals surface area contributed by atoms with Crippen LogP contribution in [0, 0.1) is 0 Å². The van der Waals surface area contributed by atoms with E-state index in [0.29, 0.717) is 0 Å². The average molecular weight is 146 g/mol. The molecule has 0 amide bonds. The van der Waals surface area contributed by atoms with Crippen molar-refractivity contribution in [1.82, 2.24) is 6.15 Å². The van der Waals surface area contributed by atoms with Crippen molar-refractivity contribution in [3.63, 3.8) is 0 Å². The first-order valence-electron chi connectivity index (χ1n) is 0. The van der Waals surface area contributed by atoms with E-state index in [9.17, 15) is 0 Å². The largest absolute Gasteiger partial charge is 2.00 e. The number of rotatable bonds is 0. The van der Waals surface area contributed by atoms with Crippen molar-refractivity contribution in [2.45, 2.75) is 0 Å². The Morgan fingerprint density at radius 3 is 0.800 bits per heavy atom. The van der Waals surface area contributed by atoms with Crippen LogP contribution in [-0.4, -0.2) is 23.1 Å². The molecule has 1 nitrogen and oxygen atoms in total. The molecule has 0 aromatic carbocycles. The Hall–Kier alpha value is 1.60. The van der Waals surface area contributed by atoms with Crippen LogP contribution in [0.5, 0.6) is 0 Å². The van der Waals surface area contributed by atoms with E-state index in [-0.39, 0.29) is 66.4 Å². The van der Waals surface area contributed by atoms with E-state index in [2.05, 4.69) is 0 Å². The molecule has 0 aliphatic rings. The van der Waals surface area contributed by atoms with Gasteiger partial charge in [-0.1, -0.05) is 0 Å². The smallest absolute Gasteiger partial charge is 1.00 e. The van der Waals surface area contributed by atoms with Crippen molar-refractivity contribution in [2.24, 2.45) is 0 Å². The zero-order valence-electron chi connectivity index (χ0n) is 2.32. The van der Waals surface area contributed by atoms with Crippen molar-refractivity contribution in [1.29, 1.82) is 0 Å². The van der Waals surface area contributed by atoms with Crippen LogP contribution in [0.1, 0.15) is 0 Å². The van der Waals surface area contributed by atoms with Gasteiger partial charge in [-0.05, 0) is 0 Å². The van der Waals surface area contributed by atoms with Gasteiger partial charge in [-0.3, -0.25) is 0 Å². The maximum Gasteiger partial charge on any atom is 2.00 e. The van der Waals surface area contributed by atoms with E-state index in [4.69, 9.17) is 0 Å². The van der Waals surface area contributed by atoms with Crippen LogP contribution >= 0.6 is 12.4 Å². The Balaban J connectivity index is 0. The molecule has 0 unspecified atom stereocenters. The van der Waals surface area contributed by atoms with Crippen LogP contribution in [0.2, 0.25) is 0 Å². The number of hydrogen-bond donors (Lipinski definition) is 0. The van der Waals surface area contributed by atoms with Gasteiger partial charge in [-0.15, -0.1) is 12.4 Å². The minimum Gasteiger partial charge on any atom is -1.00 e. The standard InChI is InChI=1S/3ClH.Mg.N/h3*1H;;/q;;;+2;/p-2. The molecule has 0 aromatic heterocycles. The molecule has 0 spiro atoms. The second kappa shape index (κ2) is 46.4. The molecular formula is HCl3MgN. The summed E-state index contributed by atoms with van der Waals surface area (Å²) in [7, 11) is 0. The van der Waals surface area contributed by atoms with Gasteiger partial charge in [-0.25, -0.2) is 0 Å². The molecule has 0 bridgehead atoms. The molecule has 29 valence electrons. The van der Waals surface area contributed by atoms with Crippen LogP contribution in [0.25, 0.3) is 0 Å². The Morgan fingerprint density at radius 1 is 0.800 bits per heavy atom. The van der Waals surface area contributed by atoms with Gasteiger partial charge < -0.3 is 24.8 Å². The summed E-state index contributed by atoms with van der Waals surface area (Å²) in [6.07, 6.45) is 0. The van der Waals surface area contributed by atoms with Crippen molar-refractivity contribution < 1.29 is 24.8 Å². The molecule has 3 radical (unpaired) electrons. The van der Waals surface area contributed by atoms with E-state index in [1.165, 1.54) is 0 Å². The summed E-state index contributed by atoms with van der Waals surface area (Å²) in [5, 5.41) is 0. The topological polar surface area (TPSA) is 30.5 Å². The predicted octanol–water partition coefficient (Wildman–Crippen LogP) is -6.43. The molecule has 0 heterocycles. The van der Waals surface area contributed by atoms with Gasteiger partial charge in [0.05, 0.1) is 0 Å². The zero-order valence-corrected chi connectivity index (χ0v) is 6.06. The van der Waals surface area contributed by atoms with Crippen LogP contribution in [0.4, 0.5) is 0 Å². The van der Waals surface area contributed by atoms with Gasteiger partial charge in [0.2, 0.25) is 0 Å². The Kier molecular flexibility index (Phi) is 752. The van der Waals surface area contributed by atoms with E-state index in [0.717, 1.165) is 0 Å². The summed E-state index contributed by atoms with van der Waals surface area (Å²) >= 11 is 0. The van der Waals surface area contributed by atoms with Gasteiger partial charge in [-0.2, -0.15) is 0 Å². The first-order valence-corrected chi connectivity index (χ1v) is 0. The maximum atomic E-state index is 0.